The molecule has 3 N–H and O–H groups in total. The monoisotopic (exact) mass is 276 g/mol. The van der Waals surface area contributed by atoms with Crippen LogP contribution in [0, 0.1) is 5.92 Å². The summed E-state index contributed by atoms with van der Waals surface area (Å²) >= 11 is 0. The van der Waals surface area contributed by atoms with E-state index in [1.54, 1.807) is 4.90 Å². The van der Waals surface area contributed by atoms with Gasteiger partial charge in [0.15, 0.2) is 0 Å². The zero-order valence-corrected chi connectivity index (χ0v) is 11.4. The molecule has 1 saturated heterocycles. The van der Waals surface area contributed by atoms with Crippen molar-refractivity contribution in [1.82, 2.24) is 4.90 Å². The number of hydrogen-bond acceptors (Lipinski definition) is 3. The lowest BCUT2D eigenvalue weighted by atomic mass is 9.97. The van der Waals surface area contributed by atoms with Crippen LogP contribution >= 0.6 is 0 Å². The fourth-order valence-electron chi connectivity index (χ4n) is 2.50. The Bertz CT molecular complexity index is 484. The predicted molar refractivity (Wildman–Crippen MR) is 76.1 cm³/mol. The summed E-state index contributed by atoms with van der Waals surface area (Å²) in [5.74, 6) is -1.18. The summed E-state index contributed by atoms with van der Waals surface area (Å²) < 4.78 is 0. The molecule has 0 bridgehead atoms. The molecule has 5 heteroatoms. The molecular formula is C15H20N2O3. The Kier molecular flexibility index (Phi) is 4.61. The van der Waals surface area contributed by atoms with Crippen LogP contribution in [0.4, 0.5) is 5.69 Å². The quantitative estimate of drug-likeness (QED) is 0.817. The molecular weight excluding hydrogens is 256 g/mol. The highest BCUT2D eigenvalue weighted by Crippen LogP contribution is 2.18. The van der Waals surface area contributed by atoms with Gasteiger partial charge in [-0.1, -0.05) is 12.1 Å². The summed E-state index contributed by atoms with van der Waals surface area (Å²) in [4.78, 5) is 24.8. The highest BCUT2D eigenvalue weighted by molar-refractivity contribution is 5.78. The molecule has 1 atom stereocenters. The van der Waals surface area contributed by atoms with Crippen LogP contribution in [0.2, 0.25) is 0 Å². The maximum Gasteiger partial charge on any atom is 0.308 e. The number of carbonyl (C=O) groups is 2. The van der Waals surface area contributed by atoms with Crippen LogP contribution in [0.15, 0.2) is 24.3 Å². The third-order valence-electron chi connectivity index (χ3n) is 3.73. The van der Waals surface area contributed by atoms with E-state index in [0.29, 0.717) is 38.0 Å². The van der Waals surface area contributed by atoms with E-state index in [0.717, 1.165) is 12.0 Å². The summed E-state index contributed by atoms with van der Waals surface area (Å²) in [6.45, 7) is 1.01. The minimum atomic E-state index is -0.805. The fourth-order valence-corrected chi connectivity index (χ4v) is 2.50. The summed E-state index contributed by atoms with van der Waals surface area (Å²) in [6, 6.07) is 7.47. The molecule has 1 fully saturated rings. The van der Waals surface area contributed by atoms with Crippen molar-refractivity contribution in [2.24, 2.45) is 5.92 Å². The number of piperidine rings is 1. The number of aryl methyl sites for hydroxylation is 1. The fraction of sp³-hybridized carbons (Fsp3) is 0.467. The first-order valence-corrected chi connectivity index (χ1v) is 6.91. The van der Waals surface area contributed by atoms with Crippen LogP contribution in [-0.4, -0.2) is 35.0 Å². The summed E-state index contributed by atoms with van der Waals surface area (Å²) in [5, 5.41) is 9.02. The molecule has 0 aromatic heterocycles. The van der Waals surface area contributed by atoms with E-state index < -0.39 is 11.9 Å². The van der Waals surface area contributed by atoms with Gasteiger partial charge in [-0.25, -0.2) is 0 Å². The molecule has 0 radical (unpaired) electrons. The van der Waals surface area contributed by atoms with Gasteiger partial charge in [0.25, 0.3) is 0 Å². The van der Waals surface area contributed by atoms with Gasteiger partial charge in [0.05, 0.1) is 5.92 Å². The third kappa shape index (κ3) is 3.73. The summed E-state index contributed by atoms with van der Waals surface area (Å²) in [7, 11) is 0. The first-order valence-electron chi connectivity index (χ1n) is 6.91. The Hall–Kier alpha value is -2.04. The van der Waals surface area contributed by atoms with Crippen LogP contribution in [0.3, 0.4) is 0 Å². The van der Waals surface area contributed by atoms with Gasteiger partial charge in [0, 0.05) is 25.2 Å². The van der Waals surface area contributed by atoms with E-state index in [4.69, 9.17) is 10.8 Å². The number of amides is 1. The number of carbonyl (C=O) groups excluding carboxylic acids is 1. The van der Waals surface area contributed by atoms with Crippen molar-refractivity contribution in [2.75, 3.05) is 18.8 Å². The lowest BCUT2D eigenvalue weighted by Gasteiger charge is -2.30. The van der Waals surface area contributed by atoms with Gasteiger partial charge >= 0.3 is 5.97 Å². The molecule has 0 spiro atoms. The first kappa shape index (κ1) is 14.4. The number of hydrogen-bond donors (Lipinski definition) is 2. The van der Waals surface area contributed by atoms with E-state index in [2.05, 4.69) is 0 Å². The second-order valence-electron chi connectivity index (χ2n) is 5.26. The minimum Gasteiger partial charge on any atom is -0.481 e. The lowest BCUT2D eigenvalue weighted by molar-refractivity contribution is -0.145. The smallest absolute Gasteiger partial charge is 0.308 e. The average molecular weight is 276 g/mol. The second kappa shape index (κ2) is 6.41. The molecule has 108 valence electrons. The predicted octanol–water partition coefficient (Wildman–Crippen LogP) is 1.52. The molecule has 2 rings (SSSR count). The van der Waals surface area contributed by atoms with Crippen LogP contribution in [0.1, 0.15) is 24.8 Å². The molecule has 1 aromatic rings. The number of aliphatic carboxylic acids is 1. The third-order valence-corrected chi connectivity index (χ3v) is 3.73. The molecule has 1 aliphatic heterocycles. The maximum atomic E-state index is 12.1. The normalized spacial score (nSPS) is 18.8. The number of anilines is 1. The molecule has 1 aromatic carbocycles. The number of carboxylic acids is 1. The van der Waals surface area contributed by atoms with Gasteiger partial charge in [-0.3, -0.25) is 9.59 Å². The van der Waals surface area contributed by atoms with Gasteiger partial charge in [-0.2, -0.15) is 0 Å². The van der Waals surface area contributed by atoms with E-state index in [1.807, 2.05) is 24.3 Å². The van der Waals surface area contributed by atoms with E-state index >= 15 is 0 Å². The van der Waals surface area contributed by atoms with Gasteiger partial charge in [0.1, 0.15) is 0 Å². The average Bonchev–Trinajstić information content (AvgIpc) is 2.46. The van der Waals surface area contributed by atoms with Crippen molar-refractivity contribution in [3.8, 4) is 0 Å². The highest BCUT2D eigenvalue weighted by Gasteiger charge is 2.27. The Labute approximate surface area is 118 Å². The topological polar surface area (TPSA) is 83.6 Å². The van der Waals surface area contributed by atoms with Crippen LogP contribution in [0.5, 0.6) is 0 Å². The van der Waals surface area contributed by atoms with E-state index in [9.17, 15) is 9.59 Å². The summed E-state index contributed by atoms with van der Waals surface area (Å²) in [5.41, 5.74) is 7.39. The molecule has 1 amide bonds. The second-order valence-corrected chi connectivity index (χ2v) is 5.26. The van der Waals surface area contributed by atoms with Crippen molar-refractivity contribution < 1.29 is 14.7 Å². The van der Waals surface area contributed by atoms with Gasteiger partial charge in [0.2, 0.25) is 5.91 Å². The standard InChI is InChI=1S/C15H20N2O3/c16-13-6-3-11(4-7-13)5-8-14(18)17-9-1-2-12(10-17)15(19)20/h3-4,6-7,12H,1-2,5,8-10,16H2,(H,19,20). The maximum absolute atomic E-state index is 12.1. The van der Waals surface area contributed by atoms with Gasteiger partial charge < -0.3 is 15.7 Å². The number of nitrogens with zero attached hydrogens (tertiary/aromatic N) is 1. The molecule has 1 unspecified atom stereocenters. The number of carboxylic acid groups (broad SMARTS) is 1. The Balaban J connectivity index is 1.85. The summed E-state index contributed by atoms with van der Waals surface area (Å²) in [6.07, 6.45) is 2.51. The minimum absolute atomic E-state index is 0.0350. The van der Waals surface area contributed by atoms with Crippen LogP contribution in [-0.2, 0) is 16.0 Å². The zero-order valence-electron chi connectivity index (χ0n) is 11.4. The van der Waals surface area contributed by atoms with Crippen molar-refractivity contribution >= 4 is 17.6 Å². The Morgan fingerprint density at radius 2 is 2.00 bits per heavy atom. The zero-order chi connectivity index (χ0) is 14.5. The number of nitrogen functional groups attached to an aromatic ring is 1. The van der Waals surface area contributed by atoms with E-state index in [-0.39, 0.29) is 5.91 Å². The van der Waals surface area contributed by atoms with Crippen molar-refractivity contribution in [1.29, 1.82) is 0 Å². The number of likely N-dealkylation sites (tertiary alicyclic amines) is 1. The van der Waals surface area contributed by atoms with E-state index in [1.165, 1.54) is 0 Å². The SMILES string of the molecule is Nc1ccc(CCC(=O)N2CCCC(C(=O)O)C2)cc1. The molecule has 0 aliphatic carbocycles. The first-order chi connectivity index (χ1) is 9.56. The Morgan fingerprint density at radius 1 is 1.30 bits per heavy atom. The molecule has 0 saturated carbocycles. The van der Waals surface area contributed by atoms with Crippen molar-refractivity contribution in [3.63, 3.8) is 0 Å². The highest BCUT2D eigenvalue weighted by atomic mass is 16.4. The van der Waals surface area contributed by atoms with Crippen LogP contribution < -0.4 is 5.73 Å². The van der Waals surface area contributed by atoms with Gasteiger partial charge in [-0.15, -0.1) is 0 Å². The molecule has 1 heterocycles. The molecule has 5 nitrogen and oxygen atoms in total. The number of nitrogens with two attached hydrogens (primary N) is 1. The molecule has 20 heavy (non-hydrogen) atoms. The lowest BCUT2D eigenvalue weighted by Crippen LogP contribution is -2.42. The largest absolute Gasteiger partial charge is 0.481 e. The van der Waals surface area contributed by atoms with Crippen molar-refractivity contribution in [2.45, 2.75) is 25.7 Å². The number of rotatable bonds is 4. The molecule has 1 aliphatic rings. The van der Waals surface area contributed by atoms with Gasteiger partial charge in [-0.05, 0) is 37.0 Å². The number of benzene rings is 1. The van der Waals surface area contributed by atoms with Crippen molar-refractivity contribution in [3.05, 3.63) is 29.8 Å². The Morgan fingerprint density at radius 3 is 2.65 bits per heavy atom. The van der Waals surface area contributed by atoms with Crippen LogP contribution in [0.25, 0.3) is 0 Å².